The van der Waals surface area contributed by atoms with Gasteiger partial charge in [0.2, 0.25) is 23.6 Å². The van der Waals surface area contributed by atoms with Crippen molar-refractivity contribution in [2.75, 3.05) is 20.1 Å². The molecule has 1 aromatic carbocycles. The molecule has 38 heavy (non-hydrogen) atoms. The summed E-state index contributed by atoms with van der Waals surface area (Å²) in [7, 11) is 1.59. The minimum atomic E-state index is -0.776. The van der Waals surface area contributed by atoms with E-state index >= 15 is 0 Å². The molecule has 2 heterocycles. The molecule has 2 fully saturated rings. The summed E-state index contributed by atoms with van der Waals surface area (Å²) in [6.07, 6.45) is 2.20. The third-order valence-corrected chi connectivity index (χ3v) is 7.58. The van der Waals surface area contributed by atoms with E-state index in [1.54, 1.807) is 42.3 Å². The summed E-state index contributed by atoms with van der Waals surface area (Å²) in [5.74, 6) is -2.21. The molecule has 2 saturated heterocycles. The molecule has 0 spiro atoms. The van der Waals surface area contributed by atoms with Gasteiger partial charge in [0, 0.05) is 25.7 Å². The van der Waals surface area contributed by atoms with Gasteiger partial charge in [-0.2, -0.15) is 0 Å². The Bertz CT molecular complexity index is 1040. The molecule has 5 amide bonds. The molecule has 208 valence electrons. The van der Waals surface area contributed by atoms with Gasteiger partial charge in [0.1, 0.15) is 18.1 Å². The van der Waals surface area contributed by atoms with Gasteiger partial charge in [-0.05, 0) is 49.7 Å². The lowest BCUT2D eigenvalue weighted by Gasteiger charge is -2.37. The maximum Gasteiger partial charge on any atom is 0.257 e. The van der Waals surface area contributed by atoms with Gasteiger partial charge in [0.25, 0.3) is 5.91 Å². The fraction of sp³-hybridized carbons (Fsp3) is 0.607. The van der Waals surface area contributed by atoms with Gasteiger partial charge in [0.05, 0.1) is 6.04 Å². The molecule has 1 aromatic rings. The van der Waals surface area contributed by atoms with E-state index in [2.05, 4.69) is 5.32 Å². The minimum Gasteiger partial charge on any atom is -0.332 e. The quantitative estimate of drug-likeness (QED) is 0.491. The van der Waals surface area contributed by atoms with Crippen LogP contribution < -0.4 is 11.1 Å². The highest BCUT2D eigenvalue weighted by atomic mass is 16.2. The van der Waals surface area contributed by atoms with Crippen LogP contribution in [-0.4, -0.2) is 88.5 Å². The molecule has 0 bridgehead atoms. The molecule has 10 nitrogen and oxygen atoms in total. The second-order valence-electron chi connectivity index (χ2n) is 11.0. The van der Waals surface area contributed by atoms with Crippen molar-refractivity contribution >= 4 is 29.5 Å². The van der Waals surface area contributed by atoms with Crippen LogP contribution in [0.15, 0.2) is 30.3 Å². The summed E-state index contributed by atoms with van der Waals surface area (Å²) in [6, 6.07) is 5.44. The molecule has 0 radical (unpaired) electrons. The molecule has 0 saturated carbocycles. The highest BCUT2D eigenvalue weighted by Gasteiger charge is 2.45. The Kier molecular flexibility index (Phi) is 9.65. The van der Waals surface area contributed by atoms with E-state index < -0.39 is 36.0 Å². The van der Waals surface area contributed by atoms with Crippen molar-refractivity contribution in [1.82, 2.24) is 20.0 Å². The average Bonchev–Trinajstić information content (AvgIpc) is 3.58. The van der Waals surface area contributed by atoms with E-state index in [1.165, 1.54) is 9.80 Å². The summed E-state index contributed by atoms with van der Waals surface area (Å²) >= 11 is 0. The highest BCUT2D eigenvalue weighted by Crippen LogP contribution is 2.27. The summed E-state index contributed by atoms with van der Waals surface area (Å²) in [6.45, 7) is 8.22. The fourth-order valence-corrected chi connectivity index (χ4v) is 5.36. The number of carbonyl (C=O) groups is 5. The van der Waals surface area contributed by atoms with Crippen molar-refractivity contribution in [1.29, 1.82) is 0 Å². The van der Waals surface area contributed by atoms with Crippen LogP contribution in [0.1, 0.15) is 63.7 Å². The summed E-state index contributed by atoms with van der Waals surface area (Å²) < 4.78 is 0. The molecule has 0 unspecified atom stereocenters. The molecular formula is C28H41N5O5. The van der Waals surface area contributed by atoms with Crippen molar-refractivity contribution in [3.8, 4) is 0 Å². The van der Waals surface area contributed by atoms with Crippen LogP contribution in [0, 0.1) is 11.8 Å². The maximum atomic E-state index is 13.8. The number of rotatable bonds is 8. The Hall–Kier alpha value is -3.27. The van der Waals surface area contributed by atoms with Crippen molar-refractivity contribution in [3.63, 3.8) is 0 Å². The predicted molar refractivity (Wildman–Crippen MR) is 143 cm³/mol. The number of hydrogen-bond acceptors (Lipinski definition) is 6. The average molecular weight is 528 g/mol. The van der Waals surface area contributed by atoms with Gasteiger partial charge in [-0.1, -0.05) is 45.9 Å². The zero-order valence-electron chi connectivity index (χ0n) is 23.1. The SMILES string of the molecule is CC(C)[C@H](N)C(=O)N(C)[C@H](C(=O)N1CCC[C@H]1C(=O)N1CCC[C@H]1C(=O)NC(=O)c1ccccc1)C(C)C. The number of likely N-dealkylation sites (N-methyl/N-ethyl adjacent to an activating group) is 1. The lowest BCUT2D eigenvalue weighted by molar-refractivity contribution is -0.152. The molecule has 10 heteroatoms. The van der Waals surface area contributed by atoms with Crippen LogP contribution in [0.3, 0.4) is 0 Å². The van der Waals surface area contributed by atoms with Crippen LogP contribution in [0.2, 0.25) is 0 Å². The Morgan fingerprint density at radius 3 is 2.05 bits per heavy atom. The van der Waals surface area contributed by atoms with Gasteiger partial charge in [-0.3, -0.25) is 29.3 Å². The Balaban J connectivity index is 1.74. The Morgan fingerprint density at radius 2 is 1.47 bits per heavy atom. The number of amides is 5. The van der Waals surface area contributed by atoms with Crippen molar-refractivity contribution in [3.05, 3.63) is 35.9 Å². The first kappa shape index (κ1) is 29.3. The van der Waals surface area contributed by atoms with Crippen LogP contribution in [0.5, 0.6) is 0 Å². The normalized spacial score (nSPS) is 20.9. The van der Waals surface area contributed by atoms with E-state index in [0.29, 0.717) is 44.3 Å². The van der Waals surface area contributed by atoms with Crippen molar-refractivity contribution in [2.45, 2.75) is 77.5 Å². The predicted octanol–water partition coefficient (Wildman–Crippen LogP) is 1.39. The molecular weight excluding hydrogens is 486 g/mol. The third-order valence-electron chi connectivity index (χ3n) is 7.58. The Morgan fingerprint density at radius 1 is 0.895 bits per heavy atom. The lowest BCUT2D eigenvalue weighted by atomic mass is 9.97. The zero-order valence-corrected chi connectivity index (χ0v) is 23.1. The molecule has 2 aliphatic heterocycles. The van der Waals surface area contributed by atoms with E-state index in [4.69, 9.17) is 5.73 Å². The first-order chi connectivity index (χ1) is 18.0. The number of carbonyl (C=O) groups excluding carboxylic acids is 5. The summed E-state index contributed by atoms with van der Waals surface area (Å²) in [4.78, 5) is 70.4. The molecule has 4 atom stereocenters. The van der Waals surface area contributed by atoms with Crippen LogP contribution in [0.4, 0.5) is 0 Å². The molecule has 2 aliphatic rings. The van der Waals surface area contributed by atoms with E-state index in [-0.39, 0.29) is 29.6 Å². The number of hydrogen-bond donors (Lipinski definition) is 2. The number of likely N-dealkylation sites (tertiary alicyclic amines) is 2. The number of nitrogens with one attached hydrogen (secondary N) is 1. The van der Waals surface area contributed by atoms with Gasteiger partial charge >= 0.3 is 0 Å². The largest absolute Gasteiger partial charge is 0.332 e. The zero-order chi connectivity index (χ0) is 28.1. The van der Waals surface area contributed by atoms with E-state index in [1.807, 2.05) is 27.7 Å². The van der Waals surface area contributed by atoms with Gasteiger partial charge in [-0.15, -0.1) is 0 Å². The van der Waals surface area contributed by atoms with Crippen LogP contribution in [0.25, 0.3) is 0 Å². The van der Waals surface area contributed by atoms with E-state index in [9.17, 15) is 24.0 Å². The lowest BCUT2D eigenvalue weighted by Crippen LogP contribution is -2.59. The fourth-order valence-electron chi connectivity index (χ4n) is 5.36. The smallest absolute Gasteiger partial charge is 0.257 e. The molecule has 0 aliphatic carbocycles. The number of nitrogens with zero attached hydrogens (tertiary/aromatic N) is 3. The Labute approximate surface area is 224 Å². The van der Waals surface area contributed by atoms with Gasteiger partial charge < -0.3 is 20.4 Å². The maximum absolute atomic E-state index is 13.8. The van der Waals surface area contributed by atoms with Crippen molar-refractivity contribution < 1.29 is 24.0 Å². The van der Waals surface area contributed by atoms with E-state index in [0.717, 1.165) is 0 Å². The monoisotopic (exact) mass is 527 g/mol. The third kappa shape index (κ3) is 6.23. The summed E-state index contributed by atoms with van der Waals surface area (Å²) in [5, 5.41) is 2.42. The second-order valence-corrected chi connectivity index (χ2v) is 11.0. The topological polar surface area (TPSA) is 133 Å². The van der Waals surface area contributed by atoms with Crippen LogP contribution in [-0.2, 0) is 19.2 Å². The number of nitrogens with two attached hydrogens (primary N) is 1. The highest BCUT2D eigenvalue weighted by molar-refractivity contribution is 6.07. The molecule has 3 rings (SSSR count). The summed E-state index contributed by atoms with van der Waals surface area (Å²) in [5.41, 5.74) is 6.45. The second kappa shape index (κ2) is 12.5. The number of imide groups is 1. The first-order valence-corrected chi connectivity index (χ1v) is 13.5. The minimum absolute atomic E-state index is 0.0824. The first-order valence-electron chi connectivity index (χ1n) is 13.5. The standard InChI is InChI=1S/C28H41N5O5/c1-17(2)22(29)27(37)31(5)23(18(3)4)28(38)33-16-10-14-21(33)26(36)32-15-9-13-20(32)25(35)30-24(34)19-11-7-6-8-12-19/h6-8,11-12,17-18,20-23H,9-10,13-16,29H2,1-5H3,(H,30,34,35)/t20-,21-,22-,23-/m0/s1. The molecule has 3 N–H and O–H groups in total. The van der Waals surface area contributed by atoms with Crippen LogP contribution >= 0.6 is 0 Å². The number of benzene rings is 1. The van der Waals surface area contributed by atoms with Gasteiger partial charge in [-0.25, -0.2) is 0 Å². The van der Waals surface area contributed by atoms with Crippen molar-refractivity contribution in [2.24, 2.45) is 17.6 Å². The molecule has 0 aromatic heterocycles. The van der Waals surface area contributed by atoms with Gasteiger partial charge in [0.15, 0.2) is 0 Å².